The van der Waals surface area contributed by atoms with Crippen molar-refractivity contribution in [1.82, 2.24) is 10.2 Å². The standard InChI is InChI=1S/C22H26ClN3O2/c1-16-7-8-17(15-20(16)23)9-10-21(27)24-19-11-13-26(14-12-19)22(28)25-18-5-3-2-4-6-18/h2-8,15,19H,9-14H2,1H3,(H,24,27)(H,25,28). The molecule has 5 nitrogen and oxygen atoms in total. The lowest BCUT2D eigenvalue weighted by Crippen LogP contribution is -2.47. The van der Waals surface area contributed by atoms with E-state index in [1.165, 1.54) is 0 Å². The molecule has 3 amide bonds. The monoisotopic (exact) mass is 399 g/mol. The average molecular weight is 400 g/mol. The lowest BCUT2D eigenvalue weighted by Gasteiger charge is -2.32. The van der Waals surface area contributed by atoms with E-state index < -0.39 is 0 Å². The second-order valence-electron chi connectivity index (χ2n) is 7.21. The van der Waals surface area contributed by atoms with Gasteiger partial charge in [0, 0.05) is 36.3 Å². The molecule has 1 aliphatic rings. The summed E-state index contributed by atoms with van der Waals surface area (Å²) in [5.41, 5.74) is 2.90. The van der Waals surface area contributed by atoms with E-state index in [-0.39, 0.29) is 18.0 Å². The van der Waals surface area contributed by atoms with Gasteiger partial charge in [0.25, 0.3) is 0 Å². The number of hydrogen-bond acceptors (Lipinski definition) is 2. The normalized spacial score (nSPS) is 14.6. The number of benzene rings is 2. The molecule has 1 saturated heterocycles. The Balaban J connectivity index is 1.39. The summed E-state index contributed by atoms with van der Waals surface area (Å²) in [7, 11) is 0. The molecule has 0 aliphatic carbocycles. The maximum Gasteiger partial charge on any atom is 0.321 e. The van der Waals surface area contributed by atoms with E-state index in [1.807, 2.05) is 55.5 Å². The molecule has 6 heteroatoms. The van der Waals surface area contributed by atoms with Gasteiger partial charge in [0.05, 0.1) is 0 Å². The van der Waals surface area contributed by atoms with E-state index in [1.54, 1.807) is 4.90 Å². The number of carbonyl (C=O) groups is 2. The Bertz CT molecular complexity index is 818. The smallest absolute Gasteiger partial charge is 0.321 e. The molecule has 1 heterocycles. The van der Waals surface area contributed by atoms with Crippen LogP contribution in [-0.4, -0.2) is 36.0 Å². The summed E-state index contributed by atoms with van der Waals surface area (Å²) in [6, 6.07) is 15.4. The number of nitrogens with zero attached hydrogens (tertiary/aromatic N) is 1. The van der Waals surface area contributed by atoms with Crippen LogP contribution in [0, 0.1) is 6.92 Å². The van der Waals surface area contributed by atoms with Gasteiger partial charge < -0.3 is 15.5 Å². The quantitative estimate of drug-likeness (QED) is 0.783. The first kappa shape index (κ1) is 20.2. The first-order valence-corrected chi connectivity index (χ1v) is 10.0. The van der Waals surface area contributed by atoms with Crippen LogP contribution in [0.3, 0.4) is 0 Å². The van der Waals surface area contributed by atoms with Gasteiger partial charge in [-0.25, -0.2) is 4.79 Å². The highest BCUT2D eigenvalue weighted by molar-refractivity contribution is 6.31. The van der Waals surface area contributed by atoms with Gasteiger partial charge in [-0.2, -0.15) is 0 Å². The van der Waals surface area contributed by atoms with Gasteiger partial charge >= 0.3 is 6.03 Å². The molecule has 0 radical (unpaired) electrons. The maximum absolute atomic E-state index is 12.3. The van der Waals surface area contributed by atoms with Crippen LogP contribution in [0.15, 0.2) is 48.5 Å². The molecule has 2 aromatic carbocycles. The highest BCUT2D eigenvalue weighted by Gasteiger charge is 2.23. The minimum atomic E-state index is -0.0905. The van der Waals surface area contributed by atoms with E-state index >= 15 is 0 Å². The molecule has 0 aromatic heterocycles. The number of hydrogen-bond donors (Lipinski definition) is 2. The number of aryl methyl sites for hydroxylation is 2. The Morgan fingerprint density at radius 3 is 2.50 bits per heavy atom. The number of halogens is 1. The fraction of sp³-hybridized carbons (Fsp3) is 0.364. The molecule has 0 saturated carbocycles. The van der Waals surface area contributed by atoms with Crippen molar-refractivity contribution in [2.45, 2.75) is 38.6 Å². The molecule has 0 bridgehead atoms. The summed E-state index contributed by atoms with van der Waals surface area (Å²) >= 11 is 6.14. The zero-order chi connectivity index (χ0) is 19.9. The first-order chi connectivity index (χ1) is 13.5. The number of carbonyl (C=O) groups excluding carboxylic acids is 2. The summed E-state index contributed by atoms with van der Waals surface area (Å²) < 4.78 is 0. The Morgan fingerprint density at radius 2 is 1.82 bits per heavy atom. The SMILES string of the molecule is Cc1ccc(CCC(=O)NC2CCN(C(=O)Nc3ccccc3)CC2)cc1Cl. The Hall–Kier alpha value is -2.53. The van der Waals surface area contributed by atoms with Crippen LogP contribution >= 0.6 is 11.6 Å². The number of rotatable bonds is 5. The number of para-hydroxylation sites is 1. The number of likely N-dealkylation sites (tertiary alicyclic amines) is 1. The lowest BCUT2D eigenvalue weighted by atomic mass is 10.0. The van der Waals surface area contributed by atoms with Crippen LogP contribution in [0.5, 0.6) is 0 Å². The number of urea groups is 1. The highest BCUT2D eigenvalue weighted by atomic mass is 35.5. The van der Waals surface area contributed by atoms with Crippen molar-refractivity contribution in [2.75, 3.05) is 18.4 Å². The third-order valence-electron chi connectivity index (χ3n) is 5.05. The lowest BCUT2D eigenvalue weighted by molar-refractivity contribution is -0.122. The Kier molecular flexibility index (Phi) is 6.93. The summed E-state index contributed by atoms with van der Waals surface area (Å²) in [4.78, 5) is 26.4. The number of amides is 3. The molecular formula is C22H26ClN3O2. The van der Waals surface area contributed by atoms with Crippen LogP contribution in [0.2, 0.25) is 5.02 Å². The minimum Gasteiger partial charge on any atom is -0.353 e. The van der Waals surface area contributed by atoms with Crippen molar-refractivity contribution in [2.24, 2.45) is 0 Å². The molecule has 0 spiro atoms. The van der Waals surface area contributed by atoms with Gasteiger partial charge in [0.1, 0.15) is 0 Å². The first-order valence-electron chi connectivity index (χ1n) is 9.66. The van der Waals surface area contributed by atoms with Gasteiger partial charge in [-0.3, -0.25) is 4.79 Å². The maximum atomic E-state index is 12.3. The minimum absolute atomic E-state index is 0.0453. The van der Waals surface area contributed by atoms with Crippen LogP contribution in [0.4, 0.5) is 10.5 Å². The van der Waals surface area contributed by atoms with E-state index in [0.29, 0.717) is 25.9 Å². The van der Waals surface area contributed by atoms with Gasteiger partial charge in [0.15, 0.2) is 0 Å². The third kappa shape index (κ3) is 5.73. The second-order valence-corrected chi connectivity index (χ2v) is 7.62. The van der Waals surface area contributed by atoms with Gasteiger partial charge in [0.2, 0.25) is 5.91 Å². The largest absolute Gasteiger partial charge is 0.353 e. The topological polar surface area (TPSA) is 61.4 Å². The van der Waals surface area contributed by atoms with Crippen LogP contribution in [0.25, 0.3) is 0 Å². The molecule has 148 valence electrons. The number of anilines is 1. The molecule has 0 unspecified atom stereocenters. The second kappa shape index (κ2) is 9.60. The van der Waals surface area contributed by atoms with E-state index in [9.17, 15) is 9.59 Å². The van der Waals surface area contributed by atoms with E-state index in [2.05, 4.69) is 10.6 Å². The zero-order valence-corrected chi connectivity index (χ0v) is 16.8. The predicted molar refractivity (Wildman–Crippen MR) is 113 cm³/mol. The molecule has 1 fully saturated rings. The fourth-order valence-electron chi connectivity index (χ4n) is 3.30. The van der Waals surface area contributed by atoms with Crippen LogP contribution in [0.1, 0.15) is 30.4 Å². The molecule has 0 atom stereocenters. The highest BCUT2D eigenvalue weighted by Crippen LogP contribution is 2.18. The Labute approximate surface area is 171 Å². The summed E-state index contributed by atoms with van der Waals surface area (Å²) in [5.74, 6) is 0.0453. The predicted octanol–water partition coefficient (Wildman–Crippen LogP) is 4.39. The summed E-state index contributed by atoms with van der Waals surface area (Å²) in [6.45, 7) is 3.24. The number of piperidine rings is 1. The van der Waals surface area contributed by atoms with E-state index in [4.69, 9.17) is 11.6 Å². The van der Waals surface area contributed by atoms with Crippen molar-refractivity contribution in [3.63, 3.8) is 0 Å². The van der Waals surface area contributed by atoms with Gasteiger partial charge in [-0.05, 0) is 55.5 Å². The third-order valence-corrected chi connectivity index (χ3v) is 5.46. The number of nitrogens with one attached hydrogen (secondary N) is 2. The van der Waals surface area contributed by atoms with Crippen molar-refractivity contribution < 1.29 is 9.59 Å². The average Bonchev–Trinajstić information content (AvgIpc) is 2.70. The van der Waals surface area contributed by atoms with Crippen molar-refractivity contribution in [3.05, 3.63) is 64.7 Å². The van der Waals surface area contributed by atoms with Gasteiger partial charge in [-0.1, -0.05) is 41.9 Å². The Morgan fingerprint density at radius 1 is 1.11 bits per heavy atom. The van der Waals surface area contributed by atoms with Crippen molar-refractivity contribution in [1.29, 1.82) is 0 Å². The molecule has 3 rings (SSSR count). The van der Waals surface area contributed by atoms with Crippen LogP contribution < -0.4 is 10.6 Å². The van der Waals surface area contributed by atoms with E-state index in [0.717, 1.165) is 34.7 Å². The molecule has 28 heavy (non-hydrogen) atoms. The van der Waals surface area contributed by atoms with Crippen LogP contribution in [-0.2, 0) is 11.2 Å². The fourth-order valence-corrected chi connectivity index (χ4v) is 3.50. The van der Waals surface area contributed by atoms with Crippen molar-refractivity contribution >= 4 is 29.2 Å². The molecular weight excluding hydrogens is 374 g/mol. The zero-order valence-electron chi connectivity index (χ0n) is 16.1. The summed E-state index contributed by atoms with van der Waals surface area (Å²) in [5, 5.41) is 6.73. The van der Waals surface area contributed by atoms with Gasteiger partial charge in [-0.15, -0.1) is 0 Å². The molecule has 2 aromatic rings. The summed E-state index contributed by atoms with van der Waals surface area (Å²) in [6.07, 6.45) is 2.65. The molecule has 2 N–H and O–H groups in total. The molecule has 1 aliphatic heterocycles. The van der Waals surface area contributed by atoms with Crippen molar-refractivity contribution in [3.8, 4) is 0 Å².